The number of methoxy groups -OCH3 is 1. The van der Waals surface area contributed by atoms with Crippen LogP contribution in [-0.4, -0.2) is 59.7 Å². The molecule has 134 valence electrons. The second kappa shape index (κ2) is 10.7. The van der Waals surface area contributed by atoms with Gasteiger partial charge >= 0.3 is 0 Å². The second-order valence-electron chi connectivity index (χ2n) is 4.82. The van der Waals surface area contributed by atoms with Gasteiger partial charge in [0.1, 0.15) is 5.75 Å². The molecule has 0 unspecified atom stereocenters. The maximum atomic E-state index is 12.3. The third-order valence-corrected chi connectivity index (χ3v) is 5.22. The van der Waals surface area contributed by atoms with Crippen molar-refractivity contribution < 1.29 is 13.2 Å². The molecule has 0 aliphatic carbocycles. The van der Waals surface area contributed by atoms with E-state index in [4.69, 9.17) is 4.74 Å². The predicted molar refractivity (Wildman–Crippen MR) is 99.7 cm³/mol. The Bertz CT molecular complexity index is 584. The Balaban J connectivity index is 0.00000242. The highest BCUT2D eigenvalue weighted by Crippen LogP contribution is 2.23. The molecule has 1 aliphatic rings. The van der Waals surface area contributed by atoms with Crippen LogP contribution in [0.3, 0.4) is 0 Å². The zero-order valence-corrected chi connectivity index (χ0v) is 16.8. The van der Waals surface area contributed by atoms with Crippen molar-refractivity contribution in [3.63, 3.8) is 0 Å². The van der Waals surface area contributed by atoms with Gasteiger partial charge in [0, 0.05) is 49.8 Å². The zero-order chi connectivity index (χ0) is 15.3. The largest absolute Gasteiger partial charge is 0.497 e. The molecular formula is C13H22BrCl2N3O3S. The van der Waals surface area contributed by atoms with E-state index >= 15 is 0 Å². The second-order valence-corrected chi connectivity index (χ2v) is 7.50. The van der Waals surface area contributed by atoms with Gasteiger partial charge in [-0.05, 0) is 12.1 Å². The lowest BCUT2D eigenvalue weighted by atomic mass is 10.3. The molecule has 0 atom stereocenters. The molecule has 0 saturated carbocycles. The first kappa shape index (κ1) is 22.9. The SMILES string of the molecule is COc1cc(Br)cc(S(=O)(=O)NCCN2CCNCC2)c1.Cl.Cl. The lowest BCUT2D eigenvalue weighted by molar-refractivity contribution is 0.245. The van der Waals surface area contributed by atoms with Gasteiger partial charge in [-0.2, -0.15) is 0 Å². The van der Waals surface area contributed by atoms with E-state index in [1.165, 1.54) is 13.2 Å². The highest BCUT2D eigenvalue weighted by atomic mass is 79.9. The molecule has 0 spiro atoms. The first-order valence-electron chi connectivity index (χ1n) is 6.78. The van der Waals surface area contributed by atoms with Crippen molar-refractivity contribution >= 4 is 50.8 Å². The fraction of sp³-hybridized carbons (Fsp3) is 0.538. The number of sulfonamides is 1. The van der Waals surface area contributed by atoms with Gasteiger partial charge in [0.15, 0.2) is 0 Å². The van der Waals surface area contributed by atoms with E-state index in [-0.39, 0.29) is 29.7 Å². The van der Waals surface area contributed by atoms with Crippen LogP contribution < -0.4 is 14.8 Å². The number of rotatable bonds is 6. The highest BCUT2D eigenvalue weighted by molar-refractivity contribution is 9.10. The van der Waals surface area contributed by atoms with Gasteiger partial charge in [-0.1, -0.05) is 15.9 Å². The summed E-state index contributed by atoms with van der Waals surface area (Å²) in [6.45, 7) is 4.92. The number of hydrogen-bond donors (Lipinski definition) is 2. The van der Waals surface area contributed by atoms with Gasteiger partial charge in [-0.25, -0.2) is 13.1 Å². The van der Waals surface area contributed by atoms with Gasteiger partial charge in [0.05, 0.1) is 12.0 Å². The Labute approximate surface area is 158 Å². The number of ether oxygens (including phenoxy) is 1. The molecule has 1 heterocycles. The van der Waals surface area contributed by atoms with Crippen LogP contribution >= 0.6 is 40.7 Å². The summed E-state index contributed by atoms with van der Waals surface area (Å²) in [5, 5.41) is 3.27. The Kier molecular flexibility index (Phi) is 10.7. The summed E-state index contributed by atoms with van der Waals surface area (Å²) in [7, 11) is -2.01. The number of piperazine rings is 1. The molecule has 6 nitrogen and oxygen atoms in total. The summed E-state index contributed by atoms with van der Waals surface area (Å²) in [5.74, 6) is 0.506. The number of halogens is 3. The number of nitrogens with one attached hydrogen (secondary N) is 2. The first-order valence-corrected chi connectivity index (χ1v) is 9.06. The Morgan fingerprint density at radius 1 is 1.26 bits per heavy atom. The van der Waals surface area contributed by atoms with Crippen molar-refractivity contribution in [1.82, 2.24) is 14.9 Å². The molecular weight excluding hydrogens is 429 g/mol. The highest BCUT2D eigenvalue weighted by Gasteiger charge is 2.16. The molecule has 1 fully saturated rings. The molecule has 0 amide bonds. The number of benzene rings is 1. The molecule has 2 rings (SSSR count). The van der Waals surface area contributed by atoms with Crippen molar-refractivity contribution in [2.24, 2.45) is 0 Å². The minimum atomic E-state index is -3.52. The van der Waals surface area contributed by atoms with Gasteiger partial charge in [-0.15, -0.1) is 24.8 Å². The van der Waals surface area contributed by atoms with Crippen LogP contribution in [0.2, 0.25) is 0 Å². The third-order valence-electron chi connectivity index (χ3n) is 3.32. The van der Waals surface area contributed by atoms with Gasteiger partial charge in [0.25, 0.3) is 0 Å². The van der Waals surface area contributed by atoms with Crippen LogP contribution in [0.4, 0.5) is 0 Å². The quantitative estimate of drug-likeness (QED) is 0.686. The number of nitrogens with zero attached hydrogens (tertiary/aromatic N) is 1. The van der Waals surface area contributed by atoms with Gasteiger partial charge in [0.2, 0.25) is 10.0 Å². The topological polar surface area (TPSA) is 70.7 Å². The van der Waals surface area contributed by atoms with Crippen molar-refractivity contribution in [1.29, 1.82) is 0 Å². The van der Waals surface area contributed by atoms with E-state index in [2.05, 4.69) is 30.9 Å². The maximum absolute atomic E-state index is 12.3. The fourth-order valence-corrected chi connectivity index (χ4v) is 3.87. The number of hydrogen-bond acceptors (Lipinski definition) is 5. The van der Waals surface area contributed by atoms with E-state index < -0.39 is 10.0 Å². The van der Waals surface area contributed by atoms with E-state index in [9.17, 15) is 8.42 Å². The summed E-state index contributed by atoms with van der Waals surface area (Å²) in [6, 6.07) is 4.80. The molecule has 0 radical (unpaired) electrons. The van der Waals surface area contributed by atoms with E-state index in [0.717, 1.165) is 26.2 Å². The molecule has 1 aromatic carbocycles. The van der Waals surface area contributed by atoms with E-state index in [1.54, 1.807) is 12.1 Å². The Hall–Kier alpha value is -0.0900. The average Bonchev–Trinajstić information content (AvgIpc) is 2.47. The summed E-state index contributed by atoms with van der Waals surface area (Å²) in [4.78, 5) is 2.44. The fourth-order valence-electron chi connectivity index (χ4n) is 2.17. The lowest BCUT2D eigenvalue weighted by Gasteiger charge is -2.27. The summed E-state index contributed by atoms with van der Waals surface area (Å²) in [5.41, 5.74) is 0. The zero-order valence-electron chi connectivity index (χ0n) is 12.7. The normalized spacial score (nSPS) is 15.4. The van der Waals surface area contributed by atoms with Gasteiger partial charge < -0.3 is 10.1 Å². The Morgan fingerprint density at radius 3 is 2.52 bits per heavy atom. The molecule has 0 aromatic heterocycles. The predicted octanol–water partition coefficient (Wildman–Crippen LogP) is 1.48. The molecule has 23 heavy (non-hydrogen) atoms. The monoisotopic (exact) mass is 449 g/mol. The smallest absolute Gasteiger partial charge is 0.240 e. The Morgan fingerprint density at radius 2 is 1.91 bits per heavy atom. The van der Waals surface area contributed by atoms with Crippen molar-refractivity contribution in [3.8, 4) is 5.75 Å². The third kappa shape index (κ3) is 7.13. The average molecular weight is 451 g/mol. The van der Waals surface area contributed by atoms with Crippen LogP contribution in [0.5, 0.6) is 5.75 Å². The first-order chi connectivity index (χ1) is 10.0. The minimum Gasteiger partial charge on any atom is -0.497 e. The molecule has 1 aromatic rings. The van der Waals surface area contributed by atoms with Crippen LogP contribution in [0.15, 0.2) is 27.6 Å². The van der Waals surface area contributed by atoms with Crippen LogP contribution in [0.1, 0.15) is 0 Å². The van der Waals surface area contributed by atoms with Crippen LogP contribution in [0, 0.1) is 0 Å². The van der Waals surface area contributed by atoms with E-state index in [1.807, 2.05) is 0 Å². The molecule has 2 N–H and O–H groups in total. The van der Waals surface area contributed by atoms with Crippen molar-refractivity contribution in [2.75, 3.05) is 46.4 Å². The van der Waals surface area contributed by atoms with Gasteiger partial charge in [-0.3, -0.25) is 4.90 Å². The summed E-state index contributed by atoms with van der Waals surface area (Å²) >= 11 is 3.29. The van der Waals surface area contributed by atoms with Crippen molar-refractivity contribution in [2.45, 2.75) is 4.90 Å². The van der Waals surface area contributed by atoms with Crippen LogP contribution in [0.25, 0.3) is 0 Å². The summed E-state index contributed by atoms with van der Waals surface area (Å²) < 4.78 is 33.0. The molecule has 1 saturated heterocycles. The maximum Gasteiger partial charge on any atom is 0.240 e. The standard InChI is InChI=1S/C13H20BrN3O3S.2ClH/c1-20-12-8-11(14)9-13(10-12)21(18,19)16-4-7-17-5-2-15-3-6-17;;/h8-10,15-16H,2-7H2,1H3;2*1H. The molecule has 1 aliphatic heterocycles. The minimum absolute atomic E-state index is 0. The molecule has 0 bridgehead atoms. The molecule has 10 heteroatoms. The summed E-state index contributed by atoms with van der Waals surface area (Å²) in [6.07, 6.45) is 0. The van der Waals surface area contributed by atoms with Crippen molar-refractivity contribution in [3.05, 3.63) is 22.7 Å². The van der Waals surface area contributed by atoms with E-state index in [0.29, 0.717) is 23.3 Å². The van der Waals surface area contributed by atoms with Crippen LogP contribution in [-0.2, 0) is 10.0 Å². The lowest BCUT2D eigenvalue weighted by Crippen LogP contribution is -2.46.